The lowest BCUT2D eigenvalue weighted by Gasteiger charge is -2.05. The minimum Gasteiger partial charge on any atom is -0.398 e. The smallest absolute Gasteiger partial charge is 0.273 e. The van der Waals surface area contributed by atoms with E-state index in [4.69, 9.17) is 5.73 Å². The number of nitrogens with two attached hydrogens (primary N) is 1. The Labute approximate surface area is 96.4 Å². The van der Waals surface area contributed by atoms with Gasteiger partial charge in [0.05, 0.1) is 11.5 Å². The number of anilines is 2. The molecule has 1 aromatic carbocycles. The van der Waals surface area contributed by atoms with Crippen molar-refractivity contribution in [3.63, 3.8) is 0 Å². The number of nitrogens with one attached hydrogen (secondary N) is 1. The number of benzene rings is 1. The lowest BCUT2D eigenvalue weighted by Crippen LogP contribution is -2.01. The third-order valence-corrected chi connectivity index (χ3v) is 2.12. The van der Waals surface area contributed by atoms with Crippen LogP contribution in [0.4, 0.5) is 17.1 Å². The molecule has 2 rings (SSSR count). The van der Waals surface area contributed by atoms with Crippen LogP contribution in [0.15, 0.2) is 35.1 Å². The van der Waals surface area contributed by atoms with Crippen LogP contribution >= 0.6 is 0 Å². The number of nitro groups is 1. The largest absolute Gasteiger partial charge is 0.398 e. The second-order valence-electron chi connectivity index (χ2n) is 3.41. The Bertz CT molecular complexity index is 524. The van der Waals surface area contributed by atoms with Gasteiger partial charge in [0, 0.05) is 29.6 Å². The Kier molecular flexibility index (Phi) is 2.91. The van der Waals surface area contributed by atoms with Gasteiger partial charge in [0.25, 0.3) is 5.69 Å². The van der Waals surface area contributed by atoms with E-state index in [0.29, 0.717) is 23.6 Å². The summed E-state index contributed by atoms with van der Waals surface area (Å²) < 4.78 is 4.67. The molecular weight excluding hydrogens is 224 g/mol. The molecule has 7 nitrogen and oxygen atoms in total. The molecule has 0 unspecified atom stereocenters. The van der Waals surface area contributed by atoms with E-state index in [0.717, 1.165) is 0 Å². The number of hydrogen-bond donors (Lipinski definition) is 2. The molecule has 0 amide bonds. The van der Waals surface area contributed by atoms with Crippen molar-refractivity contribution in [3.05, 3.63) is 46.3 Å². The molecule has 0 radical (unpaired) electrons. The number of nitro benzene ring substituents is 1. The molecule has 2 aromatic rings. The van der Waals surface area contributed by atoms with Crippen LogP contribution in [-0.2, 0) is 6.54 Å². The monoisotopic (exact) mass is 234 g/mol. The lowest BCUT2D eigenvalue weighted by molar-refractivity contribution is -0.384. The van der Waals surface area contributed by atoms with Crippen molar-refractivity contribution >= 4 is 17.1 Å². The molecule has 0 saturated carbocycles. The first kappa shape index (κ1) is 10.9. The van der Waals surface area contributed by atoms with Gasteiger partial charge in [0.1, 0.15) is 12.0 Å². The summed E-state index contributed by atoms with van der Waals surface area (Å²) in [5, 5.41) is 17.3. The van der Waals surface area contributed by atoms with E-state index in [1.54, 1.807) is 12.1 Å². The number of aromatic nitrogens is 1. The molecule has 7 heteroatoms. The summed E-state index contributed by atoms with van der Waals surface area (Å²) in [6, 6.07) is 6.04. The highest BCUT2D eigenvalue weighted by Crippen LogP contribution is 2.22. The second-order valence-corrected chi connectivity index (χ2v) is 3.41. The molecule has 0 aliphatic heterocycles. The molecule has 0 aliphatic carbocycles. The fourth-order valence-electron chi connectivity index (χ4n) is 1.36. The molecule has 17 heavy (non-hydrogen) atoms. The van der Waals surface area contributed by atoms with Crippen LogP contribution in [0.3, 0.4) is 0 Å². The molecule has 0 saturated heterocycles. The van der Waals surface area contributed by atoms with Crippen LogP contribution in [-0.4, -0.2) is 10.1 Å². The van der Waals surface area contributed by atoms with E-state index in [-0.39, 0.29) is 5.69 Å². The van der Waals surface area contributed by atoms with Gasteiger partial charge >= 0.3 is 0 Å². The number of non-ortho nitro benzene ring substituents is 1. The molecule has 0 fully saturated rings. The standard InChI is InChI=1S/C10H10N4O3/c11-7-3-9(5-10(4-7)14(15)16)12-6-8-1-2-17-13-8/h1-5,12H,6,11H2. The fraction of sp³-hybridized carbons (Fsp3) is 0.100. The predicted molar refractivity (Wildman–Crippen MR) is 61.3 cm³/mol. The van der Waals surface area contributed by atoms with Crippen molar-refractivity contribution in [1.82, 2.24) is 5.16 Å². The number of rotatable bonds is 4. The first-order valence-electron chi connectivity index (χ1n) is 4.83. The van der Waals surface area contributed by atoms with Crippen molar-refractivity contribution in [3.8, 4) is 0 Å². The Morgan fingerprint density at radius 1 is 1.47 bits per heavy atom. The van der Waals surface area contributed by atoms with Crippen LogP contribution in [0.5, 0.6) is 0 Å². The highest BCUT2D eigenvalue weighted by molar-refractivity contribution is 5.61. The summed E-state index contributed by atoms with van der Waals surface area (Å²) in [6.45, 7) is 0.414. The summed E-state index contributed by atoms with van der Waals surface area (Å²) in [7, 11) is 0. The van der Waals surface area contributed by atoms with Crippen molar-refractivity contribution in [2.45, 2.75) is 6.54 Å². The highest BCUT2D eigenvalue weighted by atomic mass is 16.6. The fourth-order valence-corrected chi connectivity index (χ4v) is 1.36. The summed E-state index contributed by atoms with van der Waals surface area (Å²) in [4.78, 5) is 10.1. The van der Waals surface area contributed by atoms with Crippen LogP contribution in [0.2, 0.25) is 0 Å². The summed E-state index contributed by atoms with van der Waals surface area (Å²) in [5.41, 5.74) is 7.13. The molecule has 0 bridgehead atoms. The topological polar surface area (TPSA) is 107 Å². The third-order valence-electron chi connectivity index (χ3n) is 2.12. The average Bonchev–Trinajstić information content (AvgIpc) is 2.78. The molecule has 0 atom stereocenters. The minimum absolute atomic E-state index is 0.0485. The molecule has 88 valence electrons. The van der Waals surface area contributed by atoms with Gasteiger partial charge in [-0.2, -0.15) is 0 Å². The lowest BCUT2D eigenvalue weighted by atomic mass is 10.2. The summed E-state index contributed by atoms with van der Waals surface area (Å²) >= 11 is 0. The van der Waals surface area contributed by atoms with Gasteiger partial charge < -0.3 is 15.6 Å². The van der Waals surface area contributed by atoms with Gasteiger partial charge in [-0.15, -0.1) is 0 Å². The van der Waals surface area contributed by atoms with Gasteiger partial charge in [0.2, 0.25) is 0 Å². The summed E-state index contributed by atoms with van der Waals surface area (Å²) in [6.07, 6.45) is 1.46. The quantitative estimate of drug-likeness (QED) is 0.474. The Morgan fingerprint density at radius 2 is 2.29 bits per heavy atom. The molecule has 1 aromatic heterocycles. The van der Waals surface area contributed by atoms with E-state index in [9.17, 15) is 10.1 Å². The average molecular weight is 234 g/mol. The number of hydrogen-bond acceptors (Lipinski definition) is 6. The van der Waals surface area contributed by atoms with Crippen LogP contribution in [0.25, 0.3) is 0 Å². The van der Waals surface area contributed by atoms with Crippen LogP contribution in [0, 0.1) is 10.1 Å². The second kappa shape index (κ2) is 4.52. The molecular formula is C10H10N4O3. The van der Waals surface area contributed by atoms with Gasteiger partial charge in [-0.3, -0.25) is 10.1 Å². The van der Waals surface area contributed by atoms with E-state index < -0.39 is 4.92 Å². The minimum atomic E-state index is -0.488. The van der Waals surface area contributed by atoms with Crippen molar-refractivity contribution in [2.24, 2.45) is 0 Å². The maximum atomic E-state index is 10.6. The van der Waals surface area contributed by atoms with Crippen LogP contribution in [0.1, 0.15) is 5.69 Å². The van der Waals surface area contributed by atoms with E-state index in [1.165, 1.54) is 18.4 Å². The van der Waals surface area contributed by atoms with E-state index >= 15 is 0 Å². The zero-order valence-corrected chi connectivity index (χ0v) is 8.79. The first-order chi connectivity index (χ1) is 8.15. The maximum Gasteiger partial charge on any atom is 0.273 e. The predicted octanol–water partition coefficient (Wildman–Crippen LogP) is 1.78. The van der Waals surface area contributed by atoms with Crippen molar-refractivity contribution in [1.29, 1.82) is 0 Å². The van der Waals surface area contributed by atoms with Gasteiger partial charge in [-0.25, -0.2) is 0 Å². The normalized spacial score (nSPS) is 10.1. The molecule has 3 N–H and O–H groups in total. The SMILES string of the molecule is Nc1cc(NCc2ccon2)cc([N+](=O)[O-])c1. The van der Waals surface area contributed by atoms with E-state index in [2.05, 4.69) is 15.0 Å². The van der Waals surface area contributed by atoms with Gasteiger partial charge in [0.15, 0.2) is 0 Å². The Balaban J connectivity index is 2.13. The zero-order chi connectivity index (χ0) is 12.3. The first-order valence-corrected chi connectivity index (χ1v) is 4.83. The van der Waals surface area contributed by atoms with Gasteiger partial charge in [-0.05, 0) is 6.07 Å². The number of nitrogen functional groups attached to an aromatic ring is 1. The molecule has 0 spiro atoms. The molecule has 1 heterocycles. The third kappa shape index (κ3) is 2.71. The number of nitrogens with zero attached hydrogens (tertiary/aromatic N) is 2. The maximum absolute atomic E-state index is 10.6. The Morgan fingerprint density at radius 3 is 2.94 bits per heavy atom. The zero-order valence-electron chi connectivity index (χ0n) is 8.79. The van der Waals surface area contributed by atoms with E-state index in [1.807, 2.05) is 0 Å². The highest BCUT2D eigenvalue weighted by Gasteiger charge is 2.08. The van der Waals surface area contributed by atoms with Crippen LogP contribution < -0.4 is 11.1 Å². The van der Waals surface area contributed by atoms with Crippen molar-refractivity contribution < 1.29 is 9.45 Å². The molecule has 0 aliphatic rings. The Hall–Kier alpha value is -2.57. The van der Waals surface area contributed by atoms with Gasteiger partial charge in [-0.1, -0.05) is 5.16 Å². The summed E-state index contributed by atoms with van der Waals surface area (Å²) in [5.74, 6) is 0. The van der Waals surface area contributed by atoms with Crippen molar-refractivity contribution in [2.75, 3.05) is 11.1 Å².